The summed E-state index contributed by atoms with van der Waals surface area (Å²) < 4.78 is 19.2. The van der Waals surface area contributed by atoms with E-state index in [-0.39, 0.29) is 5.69 Å². The van der Waals surface area contributed by atoms with E-state index in [0.717, 1.165) is 6.07 Å². The van der Waals surface area contributed by atoms with E-state index in [1.807, 2.05) is 0 Å². The van der Waals surface area contributed by atoms with Crippen LogP contribution in [0.2, 0.25) is 0 Å². The van der Waals surface area contributed by atoms with Gasteiger partial charge in [0.2, 0.25) is 5.91 Å². The number of aryl methyl sites for hydroxylation is 1. The summed E-state index contributed by atoms with van der Waals surface area (Å²) >= 11 is 0. The zero-order valence-electron chi connectivity index (χ0n) is 17.0. The van der Waals surface area contributed by atoms with Crippen LogP contribution in [0.15, 0.2) is 34.9 Å². The normalized spacial score (nSPS) is 12.1. The van der Waals surface area contributed by atoms with Crippen LogP contribution in [0, 0.1) is 12.7 Å². The maximum Gasteiger partial charge on any atom is 0.321 e. The molecule has 1 aromatic carbocycles. The standard InChI is InChI=1S/C20H25FN4O4/c1-11(17(26)24-19(28)25-20(3,4)5)22-13-6-7-15(21)16(10-13)23-18(27)14-8-9-29-12(14)2/h6-11,22H,1-5H3,(H,23,27)(H2,24,25,26,28). The molecule has 0 fully saturated rings. The highest BCUT2D eigenvalue weighted by atomic mass is 19.1. The third-order valence-corrected chi connectivity index (χ3v) is 3.82. The van der Waals surface area contributed by atoms with Crippen molar-refractivity contribution in [1.82, 2.24) is 10.6 Å². The lowest BCUT2D eigenvalue weighted by Gasteiger charge is -2.21. The number of rotatable bonds is 5. The topological polar surface area (TPSA) is 112 Å². The molecule has 1 heterocycles. The Morgan fingerprint density at radius 3 is 2.41 bits per heavy atom. The Morgan fingerprint density at radius 2 is 1.83 bits per heavy atom. The third-order valence-electron chi connectivity index (χ3n) is 3.82. The van der Waals surface area contributed by atoms with Gasteiger partial charge < -0.3 is 20.4 Å². The van der Waals surface area contributed by atoms with Crippen molar-refractivity contribution in [3.05, 3.63) is 47.7 Å². The molecule has 1 unspecified atom stereocenters. The first-order valence-corrected chi connectivity index (χ1v) is 9.01. The van der Waals surface area contributed by atoms with Gasteiger partial charge in [-0.3, -0.25) is 14.9 Å². The number of urea groups is 1. The minimum Gasteiger partial charge on any atom is -0.469 e. The number of imide groups is 1. The van der Waals surface area contributed by atoms with Crippen molar-refractivity contribution >= 4 is 29.2 Å². The van der Waals surface area contributed by atoms with Crippen LogP contribution in [0.1, 0.15) is 43.8 Å². The molecule has 29 heavy (non-hydrogen) atoms. The average molecular weight is 404 g/mol. The van der Waals surface area contributed by atoms with Crippen LogP contribution < -0.4 is 21.3 Å². The molecule has 2 aromatic rings. The fourth-order valence-electron chi connectivity index (χ4n) is 2.43. The lowest BCUT2D eigenvalue weighted by molar-refractivity contribution is -0.120. The number of nitrogens with one attached hydrogen (secondary N) is 4. The molecular formula is C20H25FN4O4. The molecule has 0 aliphatic rings. The summed E-state index contributed by atoms with van der Waals surface area (Å²) in [5, 5.41) is 10.2. The SMILES string of the molecule is Cc1occc1C(=O)Nc1cc(NC(C)C(=O)NC(=O)NC(C)(C)C)ccc1F. The maximum atomic E-state index is 14.1. The van der Waals surface area contributed by atoms with Gasteiger partial charge in [0.05, 0.1) is 17.5 Å². The summed E-state index contributed by atoms with van der Waals surface area (Å²) in [5.74, 6) is -1.30. The predicted molar refractivity (Wildman–Crippen MR) is 107 cm³/mol. The largest absolute Gasteiger partial charge is 0.469 e. The van der Waals surface area contributed by atoms with E-state index < -0.39 is 35.2 Å². The van der Waals surface area contributed by atoms with Crippen LogP contribution in [0.4, 0.5) is 20.6 Å². The number of benzene rings is 1. The zero-order chi connectivity index (χ0) is 21.8. The Labute approximate surface area is 168 Å². The summed E-state index contributed by atoms with van der Waals surface area (Å²) in [6.45, 7) is 8.55. The first kappa shape index (κ1) is 21.9. The Morgan fingerprint density at radius 1 is 1.14 bits per heavy atom. The lowest BCUT2D eigenvalue weighted by atomic mass is 10.1. The summed E-state index contributed by atoms with van der Waals surface area (Å²) in [5.41, 5.74) is 0.141. The third kappa shape index (κ3) is 6.34. The van der Waals surface area contributed by atoms with E-state index in [4.69, 9.17) is 4.42 Å². The number of anilines is 2. The second-order valence-electron chi connectivity index (χ2n) is 7.60. The van der Waals surface area contributed by atoms with Crippen LogP contribution in [0.5, 0.6) is 0 Å². The molecule has 0 aliphatic heterocycles. The molecule has 156 valence electrons. The number of carbonyl (C=O) groups is 3. The highest BCUT2D eigenvalue weighted by Crippen LogP contribution is 2.22. The number of amides is 4. The first-order valence-electron chi connectivity index (χ1n) is 9.01. The molecule has 8 nitrogen and oxygen atoms in total. The van der Waals surface area contributed by atoms with Crippen molar-refractivity contribution < 1.29 is 23.2 Å². The summed E-state index contributed by atoms with van der Waals surface area (Å²) in [6.07, 6.45) is 1.37. The van der Waals surface area contributed by atoms with Crippen molar-refractivity contribution in [3.63, 3.8) is 0 Å². The molecule has 1 aromatic heterocycles. The lowest BCUT2D eigenvalue weighted by Crippen LogP contribution is -2.51. The van der Waals surface area contributed by atoms with E-state index in [1.165, 1.54) is 24.5 Å². The van der Waals surface area contributed by atoms with Crippen LogP contribution in [-0.4, -0.2) is 29.4 Å². The number of hydrogen-bond donors (Lipinski definition) is 4. The Hall–Kier alpha value is -3.36. The summed E-state index contributed by atoms with van der Waals surface area (Å²) in [7, 11) is 0. The molecule has 4 amide bonds. The molecule has 9 heteroatoms. The van der Waals surface area contributed by atoms with Gasteiger partial charge in [0, 0.05) is 11.2 Å². The number of carbonyl (C=O) groups excluding carboxylic acids is 3. The maximum absolute atomic E-state index is 14.1. The molecule has 0 saturated carbocycles. The van der Waals surface area contributed by atoms with Crippen molar-refractivity contribution in [2.75, 3.05) is 10.6 Å². The van der Waals surface area contributed by atoms with E-state index in [1.54, 1.807) is 34.6 Å². The van der Waals surface area contributed by atoms with Gasteiger partial charge in [-0.15, -0.1) is 0 Å². The molecule has 0 radical (unpaired) electrons. The van der Waals surface area contributed by atoms with Crippen LogP contribution in [-0.2, 0) is 4.79 Å². The predicted octanol–water partition coefficient (Wildman–Crippen LogP) is 3.40. The first-order chi connectivity index (χ1) is 13.5. The molecule has 0 bridgehead atoms. The minimum absolute atomic E-state index is 0.0568. The van der Waals surface area contributed by atoms with Crippen LogP contribution in [0.25, 0.3) is 0 Å². The zero-order valence-corrected chi connectivity index (χ0v) is 17.0. The molecule has 0 aliphatic carbocycles. The van der Waals surface area contributed by atoms with Crippen LogP contribution in [0.3, 0.4) is 0 Å². The number of halogens is 1. The van der Waals surface area contributed by atoms with Gasteiger partial charge >= 0.3 is 6.03 Å². The number of hydrogen-bond acceptors (Lipinski definition) is 5. The van der Waals surface area contributed by atoms with Gasteiger partial charge in [-0.2, -0.15) is 0 Å². The molecule has 0 spiro atoms. The molecule has 0 saturated heterocycles. The highest BCUT2D eigenvalue weighted by Gasteiger charge is 2.20. The van der Waals surface area contributed by atoms with Gasteiger partial charge in [-0.25, -0.2) is 9.18 Å². The Balaban J connectivity index is 2.03. The van der Waals surface area contributed by atoms with Crippen molar-refractivity contribution in [2.45, 2.75) is 46.2 Å². The van der Waals surface area contributed by atoms with Crippen molar-refractivity contribution in [2.24, 2.45) is 0 Å². The van der Waals surface area contributed by atoms with E-state index >= 15 is 0 Å². The van der Waals surface area contributed by atoms with E-state index in [9.17, 15) is 18.8 Å². The second-order valence-corrected chi connectivity index (χ2v) is 7.60. The highest BCUT2D eigenvalue weighted by molar-refractivity contribution is 6.05. The average Bonchev–Trinajstić information content (AvgIpc) is 3.02. The van der Waals surface area contributed by atoms with Gasteiger partial charge in [-0.1, -0.05) is 0 Å². The quantitative estimate of drug-likeness (QED) is 0.610. The minimum atomic E-state index is -0.786. The van der Waals surface area contributed by atoms with E-state index in [2.05, 4.69) is 21.3 Å². The van der Waals surface area contributed by atoms with Gasteiger partial charge in [0.15, 0.2) is 0 Å². The van der Waals surface area contributed by atoms with Gasteiger partial charge in [0.1, 0.15) is 17.6 Å². The molecule has 1 atom stereocenters. The molecular weight excluding hydrogens is 379 g/mol. The fraction of sp³-hybridized carbons (Fsp3) is 0.350. The summed E-state index contributed by atoms with van der Waals surface area (Å²) in [4.78, 5) is 36.2. The van der Waals surface area contributed by atoms with E-state index in [0.29, 0.717) is 17.0 Å². The van der Waals surface area contributed by atoms with Crippen molar-refractivity contribution in [3.8, 4) is 0 Å². The van der Waals surface area contributed by atoms with Gasteiger partial charge in [0.25, 0.3) is 5.91 Å². The fourth-order valence-corrected chi connectivity index (χ4v) is 2.43. The summed E-state index contributed by atoms with van der Waals surface area (Å²) in [6, 6.07) is 4.04. The monoisotopic (exact) mass is 404 g/mol. The number of furan rings is 1. The van der Waals surface area contributed by atoms with Crippen LogP contribution >= 0.6 is 0 Å². The van der Waals surface area contributed by atoms with Crippen molar-refractivity contribution in [1.29, 1.82) is 0 Å². The Kier molecular flexibility index (Phi) is 6.63. The second kappa shape index (κ2) is 8.76. The Bertz CT molecular complexity index is 917. The molecule has 4 N–H and O–H groups in total. The smallest absolute Gasteiger partial charge is 0.321 e. The molecule has 2 rings (SSSR count). The van der Waals surface area contributed by atoms with Gasteiger partial charge in [-0.05, 0) is 58.9 Å².